The lowest BCUT2D eigenvalue weighted by Crippen LogP contribution is -2.13. The van der Waals surface area contributed by atoms with E-state index >= 15 is 0 Å². The monoisotopic (exact) mass is 317 g/mol. The van der Waals surface area contributed by atoms with E-state index in [1.807, 2.05) is 24.3 Å². The second kappa shape index (κ2) is 5.93. The molecule has 1 heterocycles. The molecule has 112 valence electrons. The van der Waals surface area contributed by atoms with Crippen molar-refractivity contribution in [2.75, 3.05) is 0 Å². The number of carbonyl (C=O) groups excluding carboxylic acids is 1. The van der Waals surface area contributed by atoms with Gasteiger partial charge >= 0.3 is 0 Å². The summed E-state index contributed by atoms with van der Waals surface area (Å²) in [5.74, 6) is -1.84. The molecule has 5 heteroatoms. The van der Waals surface area contributed by atoms with Gasteiger partial charge in [-0.15, -0.1) is 11.8 Å². The first kappa shape index (κ1) is 14.8. The van der Waals surface area contributed by atoms with Crippen molar-refractivity contribution in [3.8, 4) is 0 Å². The number of thioether (sulfide) groups is 1. The fourth-order valence-electron chi connectivity index (χ4n) is 2.30. The maximum atomic E-state index is 13.2. The summed E-state index contributed by atoms with van der Waals surface area (Å²) in [4.78, 5) is 16.2. The normalized spacial score (nSPS) is 12.5. The van der Waals surface area contributed by atoms with Crippen LogP contribution in [0.3, 0.4) is 0 Å². The first-order chi connectivity index (χ1) is 10.6. The van der Waals surface area contributed by atoms with Crippen LogP contribution in [0.15, 0.2) is 53.6 Å². The zero-order chi connectivity index (χ0) is 15.7. The standard InChI is InChI=1S/C17H13F2NOS/c1-10(22-11-6-7-14(18)15(19)8-11)17(21)13-9-20-16-5-3-2-4-12(13)16/h2-10,20H,1H3/t10-/m0/s1. The molecule has 1 atom stereocenters. The van der Waals surface area contributed by atoms with Crippen molar-refractivity contribution < 1.29 is 13.6 Å². The lowest BCUT2D eigenvalue weighted by molar-refractivity contribution is 0.0995. The number of halogens is 2. The number of benzene rings is 2. The van der Waals surface area contributed by atoms with Gasteiger partial charge in [-0.3, -0.25) is 4.79 Å². The minimum absolute atomic E-state index is 0.0489. The van der Waals surface area contributed by atoms with Crippen molar-refractivity contribution in [2.45, 2.75) is 17.1 Å². The van der Waals surface area contributed by atoms with E-state index in [1.165, 1.54) is 17.8 Å². The predicted molar refractivity (Wildman–Crippen MR) is 84.3 cm³/mol. The molecule has 0 fully saturated rings. The van der Waals surface area contributed by atoms with Crippen LogP contribution in [-0.4, -0.2) is 16.0 Å². The summed E-state index contributed by atoms with van der Waals surface area (Å²) < 4.78 is 26.2. The quantitative estimate of drug-likeness (QED) is 0.553. The summed E-state index contributed by atoms with van der Waals surface area (Å²) in [6, 6.07) is 11.2. The van der Waals surface area contributed by atoms with Crippen molar-refractivity contribution in [2.24, 2.45) is 0 Å². The number of hydrogen-bond donors (Lipinski definition) is 1. The number of aromatic amines is 1. The topological polar surface area (TPSA) is 32.9 Å². The van der Waals surface area contributed by atoms with Crippen molar-refractivity contribution in [3.63, 3.8) is 0 Å². The molecule has 0 saturated heterocycles. The Balaban J connectivity index is 1.83. The van der Waals surface area contributed by atoms with Gasteiger partial charge in [0.1, 0.15) is 0 Å². The Hall–Kier alpha value is -2.14. The number of carbonyl (C=O) groups is 1. The molecule has 0 spiro atoms. The number of Topliss-reactive ketones (excluding diaryl/α,β-unsaturated/α-hetero) is 1. The maximum absolute atomic E-state index is 13.2. The highest BCUT2D eigenvalue weighted by Gasteiger charge is 2.20. The molecule has 2 aromatic carbocycles. The number of nitrogens with one attached hydrogen (secondary N) is 1. The van der Waals surface area contributed by atoms with Crippen LogP contribution in [0, 0.1) is 11.6 Å². The third-order valence-electron chi connectivity index (χ3n) is 3.43. The van der Waals surface area contributed by atoms with Crippen LogP contribution in [0.2, 0.25) is 0 Å². The Labute approximate surface area is 130 Å². The average molecular weight is 317 g/mol. The fraction of sp³-hybridized carbons (Fsp3) is 0.118. The lowest BCUT2D eigenvalue weighted by atomic mass is 10.1. The van der Waals surface area contributed by atoms with E-state index in [0.29, 0.717) is 10.5 Å². The van der Waals surface area contributed by atoms with Crippen LogP contribution in [0.4, 0.5) is 8.78 Å². The van der Waals surface area contributed by atoms with Crippen LogP contribution < -0.4 is 0 Å². The summed E-state index contributed by atoms with van der Waals surface area (Å²) in [7, 11) is 0. The Morgan fingerprint density at radius 3 is 2.68 bits per heavy atom. The summed E-state index contributed by atoms with van der Waals surface area (Å²) >= 11 is 1.21. The largest absolute Gasteiger partial charge is 0.360 e. The number of fused-ring (bicyclic) bond motifs is 1. The highest BCUT2D eigenvalue weighted by molar-refractivity contribution is 8.00. The Bertz CT molecular complexity index is 844. The zero-order valence-corrected chi connectivity index (χ0v) is 12.6. The van der Waals surface area contributed by atoms with Crippen molar-refractivity contribution in [1.82, 2.24) is 4.98 Å². The molecule has 0 unspecified atom stereocenters. The van der Waals surface area contributed by atoms with E-state index < -0.39 is 16.9 Å². The van der Waals surface area contributed by atoms with Crippen molar-refractivity contribution in [1.29, 1.82) is 0 Å². The molecule has 3 rings (SSSR count). The number of para-hydroxylation sites is 1. The molecule has 0 saturated carbocycles. The van der Waals surface area contributed by atoms with Gasteiger partial charge in [-0.05, 0) is 31.2 Å². The van der Waals surface area contributed by atoms with E-state index in [2.05, 4.69) is 4.98 Å². The number of rotatable bonds is 4. The molecule has 0 aliphatic carbocycles. The summed E-state index contributed by atoms with van der Waals surface area (Å²) in [6.07, 6.45) is 1.69. The van der Waals surface area contributed by atoms with Gasteiger partial charge in [0.25, 0.3) is 0 Å². The van der Waals surface area contributed by atoms with E-state index in [4.69, 9.17) is 0 Å². The smallest absolute Gasteiger partial charge is 0.178 e. The van der Waals surface area contributed by atoms with Crippen LogP contribution in [0.5, 0.6) is 0 Å². The number of hydrogen-bond acceptors (Lipinski definition) is 2. The van der Waals surface area contributed by atoms with Crippen molar-refractivity contribution >= 4 is 28.4 Å². The summed E-state index contributed by atoms with van der Waals surface area (Å²) in [6.45, 7) is 1.76. The van der Waals surface area contributed by atoms with Crippen LogP contribution in [0.25, 0.3) is 10.9 Å². The lowest BCUT2D eigenvalue weighted by Gasteiger charge is -2.10. The SMILES string of the molecule is C[C@H](Sc1ccc(F)c(F)c1)C(=O)c1c[nH]c2ccccc12. The molecule has 22 heavy (non-hydrogen) atoms. The highest BCUT2D eigenvalue weighted by Crippen LogP contribution is 2.29. The van der Waals surface area contributed by atoms with Crippen LogP contribution in [0.1, 0.15) is 17.3 Å². The molecule has 1 aromatic heterocycles. The summed E-state index contributed by atoms with van der Waals surface area (Å²) in [5.41, 5.74) is 1.51. The van der Waals surface area contributed by atoms with E-state index in [-0.39, 0.29) is 5.78 Å². The predicted octanol–water partition coefficient (Wildman–Crippen LogP) is 4.81. The van der Waals surface area contributed by atoms with Gasteiger partial charge in [0.15, 0.2) is 17.4 Å². The second-order valence-corrected chi connectivity index (χ2v) is 6.36. The van der Waals surface area contributed by atoms with Gasteiger partial charge in [0.2, 0.25) is 0 Å². The molecule has 1 N–H and O–H groups in total. The fourth-order valence-corrected chi connectivity index (χ4v) is 3.26. The minimum atomic E-state index is -0.906. The van der Waals surface area contributed by atoms with E-state index in [0.717, 1.165) is 23.0 Å². The molecular weight excluding hydrogens is 304 g/mol. The van der Waals surface area contributed by atoms with Crippen molar-refractivity contribution in [3.05, 3.63) is 65.9 Å². The van der Waals surface area contributed by atoms with E-state index in [9.17, 15) is 13.6 Å². The number of H-pyrrole nitrogens is 1. The van der Waals surface area contributed by atoms with Gasteiger partial charge in [-0.25, -0.2) is 8.78 Å². The second-order valence-electron chi connectivity index (χ2n) is 4.95. The minimum Gasteiger partial charge on any atom is -0.360 e. The maximum Gasteiger partial charge on any atom is 0.178 e. The molecule has 0 aliphatic heterocycles. The number of ketones is 1. The van der Waals surface area contributed by atoms with Gasteiger partial charge < -0.3 is 4.98 Å². The third kappa shape index (κ3) is 2.76. The Morgan fingerprint density at radius 2 is 1.91 bits per heavy atom. The molecule has 0 aliphatic rings. The van der Waals surface area contributed by atoms with Gasteiger partial charge in [-0.2, -0.15) is 0 Å². The summed E-state index contributed by atoms with van der Waals surface area (Å²) in [5, 5.41) is 0.467. The van der Waals surface area contributed by atoms with E-state index in [1.54, 1.807) is 13.1 Å². The molecule has 0 bridgehead atoms. The van der Waals surface area contributed by atoms with Crippen LogP contribution in [-0.2, 0) is 0 Å². The Morgan fingerprint density at radius 1 is 1.14 bits per heavy atom. The molecule has 0 radical (unpaired) electrons. The van der Waals surface area contributed by atoms with Crippen LogP contribution >= 0.6 is 11.8 Å². The average Bonchev–Trinajstić information content (AvgIpc) is 2.94. The molecule has 2 nitrogen and oxygen atoms in total. The molecule has 3 aromatic rings. The first-order valence-electron chi connectivity index (χ1n) is 6.78. The zero-order valence-electron chi connectivity index (χ0n) is 11.8. The number of aromatic nitrogens is 1. The first-order valence-corrected chi connectivity index (χ1v) is 7.66. The van der Waals surface area contributed by atoms with Gasteiger partial charge in [-0.1, -0.05) is 18.2 Å². The van der Waals surface area contributed by atoms with Gasteiger partial charge in [0, 0.05) is 27.6 Å². The molecular formula is C17H13F2NOS. The Kier molecular flexibility index (Phi) is 3.98. The highest BCUT2D eigenvalue weighted by atomic mass is 32.2. The molecule has 0 amide bonds. The van der Waals surface area contributed by atoms with Gasteiger partial charge in [0.05, 0.1) is 5.25 Å². The third-order valence-corrected chi connectivity index (χ3v) is 4.52.